The predicted molar refractivity (Wildman–Crippen MR) is 168 cm³/mol. The molecule has 6 rings (SSSR count). The predicted octanol–water partition coefficient (Wildman–Crippen LogP) is 5.14. The van der Waals surface area contributed by atoms with Crippen molar-refractivity contribution < 1.29 is 23.7 Å². The largest absolute Gasteiger partial charge is 0.377 e. The number of fused-ring (bicyclic) bond motifs is 2. The van der Waals surface area contributed by atoms with Gasteiger partial charge in [-0.25, -0.2) is 4.68 Å². The van der Waals surface area contributed by atoms with Crippen molar-refractivity contribution in [2.75, 3.05) is 84.1 Å². The molecule has 1 aliphatic heterocycles. The number of hydrogen-bond donors (Lipinski definition) is 0. The van der Waals surface area contributed by atoms with Gasteiger partial charge in [0.1, 0.15) is 5.69 Å². The summed E-state index contributed by atoms with van der Waals surface area (Å²) < 4.78 is 30.2. The molecule has 0 radical (unpaired) electrons. The van der Waals surface area contributed by atoms with Crippen LogP contribution in [0.15, 0.2) is 85.1 Å². The Labute approximate surface area is 251 Å². The van der Waals surface area contributed by atoms with Gasteiger partial charge >= 0.3 is 0 Å². The summed E-state index contributed by atoms with van der Waals surface area (Å²) >= 11 is 0. The van der Waals surface area contributed by atoms with Gasteiger partial charge in [0.25, 0.3) is 0 Å². The lowest BCUT2D eigenvalue weighted by Crippen LogP contribution is -2.31. The summed E-state index contributed by atoms with van der Waals surface area (Å²) in [7, 11) is 0. The molecule has 9 heteroatoms. The van der Waals surface area contributed by atoms with Gasteiger partial charge < -0.3 is 28.6 Å². The first-order chi connectivity index (χ1) is 21.4. The fraction of sp³-hybridized carbons (Fsp3) is 0.353. The second-order valence-electron chi connectivity index (χ2n) is 10.3. The molecule has 0 amide bonds. The third kappa shape index (κ3) is 7.57. The highest BCUT2D eigenvalue weighted by molar-refractivity contribution is 6.11. The van der Waals surface area contributed by atoms with E-state index in [1.165, 1.54) is 21.5 Å². The second-order valence-corrected chi connectivity index (χ2v) is 10.3. The number of aromatic nitrogens is 3. The van der Waals surface area contributed by atoms with Crippen LogP contribution in [0.4, 0.5) is 5.69 Å². The molecule has 0 spiro atoms. The van der Waals surface area contributed by atoms with Crippen LogP contribution in [0, 0.1) is 0 Å². The number of anilines is 1. The van der Waals surface area contributed by atoms with Crippen LogP contribution in [0.3, 0.4) is 0 Å². The number of nitrogens with zero attached hydrogens (tertiary/aromatic N) is 4. The maximum Gasteiger partial charge on any atom is 0.114 e. The summed E-state index contributed by atoms with van der Waals surface area (Å²) in [4.78, 5) is 2.28. The van der Waals surface area contributed by atoms with E-state index in [1.54, 1.807) is 0 Å². The summed E-state index contributed by atoms with van der Waals surface area (Å²) in [6.07, 6.45) is 2.01. The van der Waals surface area contributed by atoms with Gasteiger partial charge in [-0.1, -0.05) is 53.7 Å². The van der Waals surface area contributed by atoms with Crippen LogP contribution in [0.2, 0.25) is 0 Å². The van der Waals surface area contributed by atoms with Gasteiger partial charge in [0.2, 0.25) is 0 Å². The zero-order valence-corrected chi connectivity index (χ0v) is 24.4. The molecule has 1 fully saturated rings. The average Bonchev–Trinajstić information content (AvgIpc) is 3.53. The molecule has 0 atom stereocenters. The smallest absolute Gasteiger partial charge is 0.114 e. The minimum Gasteiger partial charge on any atom is -0.377 e. The zero-order chi connectivity index (χ0) is 29.1. The summed E-state index contributed by atoms with van der Waals surface area (Å²) in [6.45, 7) is 7.07. The van der Waals surface area contributed by atoms with E-state index in [4.69, 9.17) is 23.7 Å². The van der Waals surface area contributed by atoms with Crippen LogP contribution in [-0.2, 0) is 23.7 Å². The Bertz CT molecular complexity index is 1520. The molecule has 2 heterocycles. The zero-order valence-electron chi connectivity index (χ0n) is 24.4. The molecule has 1 aromatic heterocycles. The van der Waals surface area contributed by atoms with Crippen LogP contribution >= 0.6 is 0 Å². The summed E-state index contributed by atoms with van der Waals surface area (Å²) in [6, 6.07) is 27.5. The molecule has 0 unspecified atom stereocenters. The van der Waals surface area contributed by atoms with Crippen LogP contribution in [0.25, 0.3) is 38.5 Å². The Hall–Kier alpha value is -3.86. The van der Waals surface area contributed by atoms with E-state index in [0.717, 1.165) is 35.7 Å². The maximum atomic E-state index is 5.84. The number of ether oxygens (including phenoxy) is 5. The highest BCUT2D eigenvalue weighted by Gasteiger charge is 2.14. The minimum atomic E-state index is 0.548. The molecule has 0 N–H and O–H groups in total. The van der Waals surface area contributed by atoms with Crippen molar-refractivity contribution in [3.05, 3.63) is 85.1 Å². The van der Waals surface area contributed by atoms with E-state index in [1.807, 2.05) is 10.9 Å². The Morgan fingerprint density at radius 1 is 0.512 bits per heavy atom. The van der Waals surface area contributed by atoms with E-state index in [9.17, 15) is 0 Å². The molecule has 0 aliphatic carbocycles. The highest BCUT2D eigenvalue weighted by atomic mass is 16.6. The van der Waals surface area contributed by atoms with Gasteiger partial charge in [-0.2, -0.15) is 0 Å². The van der Waals surface area contributed by atoms with Crippen molar-refractivity contribution in [1.29, 1.82) is 0 Å². The maximum absolute atomic E-state index is 5.84. The molecule has 1 saturated heterocycles. The van der Waals surface area contributed by atoms with Crippen LogP contribution in [0.5, 0.6) is 0 Å². The van der Waals surface area contributed by atoms with Crippen molar-refractivity contribution in [2.45, 2.75) is 0 Å². The third-order valence-electron chi connectivity index (χ3n) is 7.50. The molecule has 0 saturated carbocycles. The summed E-state index contributed by atoms with van der Waals surface area (Å²) in [5.74, 6) is 0. The van der Waals surface area contributed by atoms with Gasteiger partial charge in [0.15, 0.2) is 0 Å². The number of benzene rings is 4. The third-order valence-corrected chi connectivity index (χ3v) is 7.50. The Morgan fingerprint density at radius 3 is 1.51 bits per heavy atom. The van der Waals surface area contributed by atoms with Crippen LogP contribution in [0.1, 0.15) is 0 Å². The SMILES string of the molecule is c1ccc2c(-c3cn(-c4ccc(N5CCOCCOCCOCCOCCOCC5)cc4)nn3)c3ccccc3cc2c1. The van der Waals surface area contributed by atoms with Crippen molar-refractivity contribution in [1.82, 2.24) is 15.0 Å². The normalized spacial score (nSPS) is 17.1. The van der Waals surface area contributed by atoms with Crippen LogP contribution in [-0.4, -0.2) is 94.2 Å². The fourth-order valence-corrected chi connectivity index (χ4v) is 5.31. The van der Waals surface area contributed by atoms with Crippen molar-refractivity contribution in [2.24, 2.45) is 0 Å². The minimum absolute atomic E-state index is 0.548. The van der Waals surface area contributed by atoms with E-state index in [0.29, 0.717) is 66.1 Å². The standard InChI is InChI=1S/C34H38N4O5/c1-3-7-31-27(5-1)25-28-6-2-4-8-32(28)34(31)33-26-38(36-35-33)30-11-9-29(10-12-30)37-13-15-39-17-19-41-21-23-43-24-22-42-20-18-40-16-14-37/h1-12,25-26H,13-24H2. The van der Waals surface area contributed by atoms with Gasteiger partial charge in [-0.15, -0.1) is 5.10 Å². The molecular weight excluding hydrogens is 544 g/mol. The molecular formula is C34H38N4O5. The van der Waals surface area contributed by atoms with E-state index in [-0.39, 0.29) is 0 Å². The Balaban J connectivity index is 1.17. The van der Waals surface area contributed by atoms with E-state index in [2.05, 4.69) is 94.1 Å². The Morgan fingerprint density at radius 2 is 0.977 bits per heavy atom. The van der Waals surface area contributed by atoms with Crippen molar-refractivity contribution in [3.8, 4) is 16.9 Å². The lowest BCUT2D eigenvalue weighted by atomic mass is 9.95. The molecule has 9 nitrogen and oxygen atoms in total. The highest BCUT2D eigenvalue weighted by Crippen LogP contribution is 2.35. The van der Waals surface area contributed by atoms with Crippen LogP contribution < -0.4 is 4.90 Å². The quantitative estimate of drug-likeness (QED) is 0.271. The Kier molecular flexibility index (Phi) is 10.2. The van der Waals surface area contributed by atoms with Crippen molar-refractivity contribution >= 4 is 27.2 Å². The monoisotopic (exact) mass is 582 g/mol. The molecule has 1 aliphatic rings. The van der Waals surface area contributed by atoms with Gasteiger partial charge in [-0.05, 0) is 51.9 Å². The average molecular weight is 583 g/mol. The molecule has 224 valence electrons. The van der Waals surface area contributed by atoms with E-state index < -0.39 is 0 Å². The van der Waals surface area contributed by atoms with Gasteiger partial charge in [0.05, 0.1) is 78.0 Å². The molecule has 5 aromatic rings. The van der Waals surface area contributed by atoms with E-state index >= 15 is 0 Å². The first-order valence-electron chi connectivity index (χ1n) is 14.9. The topological polar surface area (TPSA) is 80.1 Å². The fourth-order valence-electron chi connectivity index (χ4n) is 5.31. The molecule has 43 heavy (non-hydrogen) atoms. The van der Waals surface area contributed by atoms with Crippen molar-refractivity contribution in [3.63, 3.8) is 0 Å². The second kappa shape index (κ2) is 15.0. The van der Waals surface area contributed by atoms with Gasteiger partial charge in [-0.3, -0.25) is 0 Å². The first kappa shape index (κ1) is 29.2. The molecule has 4 aromatic carbocycles. The van der Waals surface area contributed by atoms with Gasteiger partial charge in [0, 0.05) is 24.3 Å². The number of rotatable bonds is 3. The number of hydrogen-bond acceptors (Lipinski definition) is 8. The molecule has 0 bridgehead atoms. The lowest BCUT2D eigenvalue weighted by Gasteiger charge is -2.25. The summed E-state index contributed by atoms with van der Waals surface area (Å²) in [5, 5.41) is 13.8. The lowest BCUT2D eigenvalue weighted by molar-refractivity contribution is -0.0116. The summed E-state index contributed by atoms with van der Waals surface area (Å²) in [5.41, 5.74) is 3.98. The first-order valence-corrected chi connectivity index (χ1v) is 14.9.